The fourth-order valence-corrected chi connectivity index (χ4v) is 2.55. The maximum atomic E-state index is 13.8. The summed E-state index contributed by atoms with van der Waals surface area (Å²) < 4.78 is 13.8. The van der Waals surface area contributed by atoms with Gasteiger partial charge in [0.05, 0.1) is 0 Å². The maximum Gasteiger partial charge on any atom is 0.127 e. The van der Waals surface area contributed by atoms with E-state index in [-0.39, 0.29) is 11.7 Å². The molecule has 2 rings (SSSR count). The van der Waals surface area contributed by atoms with Gasteiger partial charge in [-0.25, -0.2) is 4.39 Å². The number of benzene rings is 2. The molecule has 2 N–H and O–H groups in total. The van der Waals surface area contributed by atoms with E-state index in [0.717, 1.165) is 6.42 Å². The van der Waals surface area contributed by atoms with Crippen molar-refractivity contribution < 1.29 is 4.39 Å². The highest BCUT2D eigenvalue weighted by Crippen LogP contribution is 2.23. The summed E-state index contributed by atoms with van der Waals surface area (Å²) in [6.07, 6.45) is 1.40. The molecule has 0 fully saturated rings. The van der Waals surface area contributed by atoms with Gasteiger partial charge in [0.2, 0.25) is 0 Å². The first-order valence-corrected chi connectivity index (χ1v) is 7.16. The summed E-state index contributed by atoms with van der Waals surface area (Å²) in [7, 11) is 0. The van der Waals surface area contributed by atoms with E-state index in [9.17, 15) is 4.39 Å². The van der Waals surface area contributed by atoms with Crippen molar-refractivity contribution in [3.63, 3.8) is 0 Å². The van der Waals surface area contributed by atoms with Gasteiger partial charge in [0, 0.05) is 10.6 Å². The molecule has 0 aliphatic heterocycles. The van der Waals surface area contributed by atoms with Crippen molar-refractivity contribution in [1.82, 2.24) is 0 Å². The Labute approximate surface area is 124 Å². The summed E-state index contributed by atoms with van der Waals surface area (Å²) in [6.45, 7) is 2.57. The summed E-state index contributed by atoms with van der Waals surface area (Å²) in [5, 5.41) is 0.479. The van der Waals surface area contributed by atoms with Crippen LogP contribution in [0, 0.1) is 18.7 Å². The SMILES string of the molecule is Cc1ccc(CC(CN)Cc2c(F)cccc2Cl)cc1. The van der Waals surface area contributed by atoms with Crippen LogP contribution in [0.3, 0.4) is 0 Å². The molecular weight excluding hydrogens is 273 g/mol. The molecule has 106 valence electrons. The van der Waals surface area contributed by atoms with Gasteiger partial charge in [0.25, 0.3) is 0 Å². The third-order valence-corrected chi connectivity index (χ3v) is 3.89. The normalized spacial score (nSPS) is 12.4. The zero-order chi connectivity index (χ0) is 14.5. The molecule has 0 bridgehead atoms. The van der Waals surface area contributed by atoms with Crippen molar-refractivity contribution in [1.29, 1.82) is 0 Å². The molecule has 0 saturated carbocycles. The Bertz CT molecular complexity index is 545. The molecule has 3 heteroatoms. The minimum absolute atomic E-state index is 0.187. The Kier molecular flexibility index (Phi) is 5.16. The van der Waals surface area contributed by atoms with Gasteiger partial charge in [-0.15, -0.1) is 0 Å². The largest absolute Gasteiger partial charge is 0.330 e. The van der Waals surface area contributed by atoms with E-state index in [4.69, 9.17) is 17.3 Å². The van der Waals surface area contributed by atoms with Crippen molar-refractivity contribution in [2.24, 2.45) is 11.7 Å². The molecule has 1 unspecified atom stereocenters. The van der Waals surface area contributed by atoms with E-state index < -0.39 is 0 Å². The van der Waals surface area contributed by atoms with Crippen molar-refractivity contribution in [3.05, 3.63) is 70.0 Å². The lowest BCUT2D eigenvalue weighted by atomic mass is 9.92. The molecule has 1 nitrogen and oxygen atoms in total. The fraction of sp³-hybridized carbons (Fsp3) is 0.294. The second kappa shape index (κ2) is 6.87. The molecule has 0 aromatic heterocycles. The van der Waals surface area contributed by atoms with E-state index in [1.54, 1.807) is 12.1 Å². The zero-order valence-corrected chi connectivity index (χ0v) is 12.3. The van der Waals surface area contributed by atoms with Gasteiger partial charge in [-0.05, 0) is 49.9 Å². The third kappa shape index (κ3) is 3.81. The molecular formula is C17H19ClFN. The van der Waals surface area contributed by atoms with Gasteiger partial charge < -0.3 is 5.73 Å². The zero-order valence-electron chi connectivity index (χ0n) is 11.6. The van der Waals surface area contributed by atoms with Crippen LogP contribution in [0.4, 0.5) is 4.39 Å². The second-order valence-corrected chi connectivity index (χ2v) is 5.60. The first-order valence-electron chi connectivity index (χ1n) is 6.78. The quantitative estimate of drug-likeness (QED) is 0.880. The lowest BCUT2D eigenvalue weighted by molar-refractivity contribution is 0.512. The lowest BCUT2D eigenvalue weighted by Gasteiger charge is -2.16. The number of aryl methyl sites for hydroxylation is 1. The number of hydrogen-bond acceptors (Lipinski definition) is 1. The molecule has 0 radical (unpaired) electrons. The van der Waals surface area contributed by atoms with E-state index in [1.807, 2.05) is 0 Å². The highest BCUT2D eigenvalue weighted by atomic mass is 35.5. The van der Waals surface area contributed by atoms with E-state index in [2.05, 4.69) is 31.2 Å². The van der Waals surface area contributed by atoms with Gasteiger partial charge in [-0.1, -0.05) is 47.5 Å². The van der Waals surface area contributed by atoms with E-state index >= 15 is 0 Å². The van der Waals surface area contributed by atoms with Gasteiger partial charge >= 0.3 is 0 Å². The summed E-state index contributed by atoms with van der Waals surface area (Å²) in [4.78, 5) is 0. The highest BCUT2D eigenvalue weighted by molar-refractivity contribution is 6.31. The smallest absolute Gasteiger partial charge is 0.127 e. The summed E-state index contributed by atoms with van der Waals surface area (Å²) in [6, 6.07) is 13.2. The predicted molar refractivity (Wildman–Crippen MR) is 82.5 cm³/mol. The molecule has 1 atom stereocenters. The van der Waals surface area contributed by atoms with Crippen LogP contribution in [0.5, 0.6) is 0 Å². The van der Waals surface area contributed by atoms with Gasteiger partial charge in [-0.2, -0.15) is 0 Å². The van der Waals surface area contributed by atoms with Crippen LogP contribution in [0.2, 0.25) is 5.02 Å². The van der Waals surface area contributed by atoms with E-state index in [1.165, 1.54) is 17.2 Å². The van der Waals surface area contributed by atoms with Crippen LogP contribution >= 0.6 is 11.6 Å². The van der Waals surface area contributed by atoms with Crippen LogP contribution in [-0.4, -0.2) is 6.54 Å². The molecule has 0 aliphatic carbocycles. The summed E-state index contributed by atoms with van der Waals surface area (Å²) in [5.41, 5.74) is 8.85. The molecule has 0 saturated heterocycles. The number of hydrogen-bond donors (Lipinski definition) is 1. The van der Waals surface area contributed by atoms with Crippen molar-refractivity contribution in [2.75, 3.05) is 6.54 Å². The molecule has 0 heterocycles. The minimum Gasteiger partial charge on any atom is -0.330 e. The molecule has 0 aliphatic rings. The number of nitrogens with two attached hydrogens (primary N) is 1. The molecule has 2 aromatic carbocycles. The van der Waals surface area contributed by atoms with E-state index in [0.29, 0.717) is 23.6 Å². The number of halogens is 2. The fourth-order valence-electron chi connectivity index (χ4n) is 2.31. The predicted octanol–water partition coefficient (Wildman–Crippen LogP) is 4.15. The van der Waals surface area contributed by atoms with Crippen molar-refractivity contribution in [2.45, 2.75) is 19.8 Å². The Hall–Kier alpha value is -1.38. The molecule has 0 amide bonds. The van der Waals surface area contributed by atoms with Crippen LogP contribution in [0.25, 0.3) is 0 Å². The first kappa shape index (κ1) is 15.0. The second-order valence-electron chi connectivity index (χ2n) is 5.20. The Morgan fingerprint density at radius 2 is 1.80 bits per heavy atom. The average molecular weight is 292 g/mol. The van der Waals surface area contributed by atoms with Crippen LogP contribution < -0.4 is 5.73 Å². The number of rotatable bonds is 5. The molecule has 20 heavy (non-hydrogen) atoms. The lowest BCUT2D eigenvalue weighted by Crippen LogP contribution is -2.20. The topological polar surface area (TPSA) is 26.0 Å². The third-order valence-electron chi connectivity index (χ3n) is 3.53. The molecule has 0 spiro atoms. The Morgan fingerprint density at radius 1 is 1.10 bits per heavy atom. The standard InChI is InChI=1S/C17H19ClFN/c1-12-5-7-13(8-6-12)9-14(11-20)10-15-16(18)3-2-4-17(15)19/h2-8,14H,9-11,20H2,1H3. The van der Waals surface area contributed by atoms with Crippen LogP contribution in [0.1, 0.15) is 16.7 Å². The highest BCUT2D eigenvalue weighted by Gasteiger charge is 2.14. The Morgan fingerprint density at radius 3 is 2.40 bits per heavy atom. The first-order chi connectivity index (χ1) is 9.60. The average Bonchev–Trinajstić information content (AvgIpc) is 2.44. The van der Waals surface area contributed by atoms with Gasteiger partial charge in [-0.3, -0.25) is 0 Å². The molecule has 2 aromatic rings. The summed E-state index contributed by atoms with van der Waals surface area (Å²) in [5.74, 6) is -0.0630. The van der Waals surface area contributed by atoms with Gasteiger partial charge in [0.1, 0.15) is 5.82 Å². The van der Waals surface area contributed by atoms with Gasteiger partial charge in [0.15, 0.2) is 0 Å². The minimum atomic E-state index is -0.250. The summed E-state index contributed by atoms with van der Waals surface area (Å²) >= 11 is 6.07. The van der Waals surface area contributed by atoms with Crippen LogP contribution in [-0.2, 0) is 12.8 Å². The Balaban J connectivity index is 2.11. The van der Waals surface area contributed by atoms with Crippen LogP contribution in [0.15, 0.2) is 42.5 Å². The monoisotopic (exact) mass is 291 g/mol. The maximum absolute atomic E-state index is 13.8. The van der Waals surface area contributed by atoms with Crippen molar-refractivity contribution >= 4 is 11.6 Å². The van der Waals surface area contributed by atoms with Crippen molar-refractivity contribution in [3.8, 4) is 0 Å².